The van der Waals surface area contributed by atoms with Gasteiger partial charge in [0.05, 0.1) is 0 Å². The highest BCUT2D eigenvalue weighted by Crippen LogP contribution is 2.11. The van der Waals surface area contributed by atoms with Crippen LogP contribution >= 0.6 is 0 Å². The Balaban J connectivity index is 2.42. The van der Waals surface area contributed by atoms with Crippen LogP contribution in [0.2, 0.25) is 0 Å². The van der Waals surface area contributed by atoms with E-state index in [-0.39, 0.29) is 0 Å². The Morgan fingerprint density at radius 3 is 2.53 bits per heavy atom. The Labute approximate surface area is 106 Å². The maximum Gasteiger partial charge on any atom is 0.0236 e. The van der Waals surface area contributed by atoms with Gasteiger partial charge in [0.15, 0.2) is 0 Å². The molecule has 0 saturated heterocycles. The summed E-state index contributed by atoms with van der Waals surface area (Å²) in [6.07, 6.45) is 2.52. The first-order valence-corrected chi connectivity index (χ1v) is 6.70. The van der Waals surface area contributed by atoms with Crippen molar-refractivity contribution < 1.29 is 0 Å². The molecule has 1 atom stereocenters. The zero-order chi connectivity index (χ0) is 12.5. The van der Waals surface area contributed by atoms with Crippen LogP contribution in [0.5, 0.6) is 0 Å². The molecule has 0 aliphatic rings. The van der Waals surface area contributed by atoms with E-state index in [1.54, 1.807) is 0 Å². The summed E-state index contributed by atoms with van der Waals surface area (Å²) in [7, 11) is 2.02. The second-order valence-electron chi connectivity index (χ2n) is 4.64. The molecule has 0 aliphatic heterocycles. The van der Waals surface area contributed by atoms with E-state index in [2.05, 4.69) is 54.4 Å². The van der Waals surface area contributed by atoms with Crippen LogP contribution < -0.4 is 5.32 Å². The van der Waals surface area contributed by atoms with Gasteiger partial charge in [-0.3, -0.25) is 4.90 Å². The van der Waals surface area contributed by atoms with Gasteiger partial charge in [-0.15, -0.1) is 0 Å². The van der Waals surface area contributed by atoms with Crippen LogP contribution in [0, 0.1) is 0 Å². The third kappa shape index (κ3) is 5.33. The first kappa shape index (κ1) is 14.2. The average molecular weight is 234 g/mol. The largest absolute Gasteiger partial charge is 0.320 e. The molecule has 0 saturated carbocycles. The fourth-order valence-corrected chi connectivity index (χ4v) is 2.15. The van der Waals surface area contributed by atoms with E-state index in [0.717, 1.165) is 19.6 Å². The predicted octanol–water partition coefficient (Wildman–Crippen LogP) is 2.90. The normalized spacial score (nSPS) is 12.9. The molecule has 0 spiro atoms. The zero-order valence-corrected chi connectivity index (χ0v) is 11.4. The van der Waals surface area contributed by atoms with Crippen molar-refractivity contribution in [1.82, 2.24) is 10.2 Å². The molecule has 1 rings (SSSR count). The topological polar surface area (TPSA) is 15.3 Å². The lowest BCUT2D eigenvalue weighted by Crippen LogP contribution is -2.32. The van der Waals surface area contributed by atoms with Gasteiger partial charge in [0.2, 0.25) is 0 Å². The van der Waals surface area contributed by atoms with Crippen LogP contribution in [0.1, 0.15) is 32.3 Å². The highest BCUT2D eigenvalue weighted by atomic mass is 15.1. The molecule has 0 heterocycles. The minimum absolute atomic E-state index is 0.661. The maximum absolute atomic E-state index is 3.21. The Morgan fingerprint density at radius 1 is 1.24 bits per heavy atom. The summed E-state index contributed by atoms with van der Waals surface area (Å²) in [4.78, 5) is 2.55. The molecule has 0 bridgehead atoms. The Morgan fingerprint density at radius 2 is 1.94 bits per heavy atom. The SMILES string of the molecule is CCN(Cc1ccccc1)C(C)CCCNC. The van der Waals surface area contributed by atoms with E-state index < -0.39 is 0 Å². The molecular weight excluding hydrogens is 208 g/mol. The molecule has 1 aromatic rings. The van der Waals surface area contributed by atoms with Gasteiger partial charge in [-0.05, 0) is 45.5 Å². The molecule has 1 N–H and O–H groups in total. The van der Waals surface area contributed by atoms with Crippen LogP contribution in [0.15, 0.2) is 30.3 Å². The van der Waals surface area contributed by atoms with Gasteiger partial charge in [-0.1, -0.05) is 37.3 Å². The summed E-state index contributed by atoms with van der Waals surface area (Å²) in [6, 6.07) is 11.4. The lowest BCUT2D eigenvalue weighted by atomic mass is 10.1. The van der Waals surface area contributed by atoms with Crippen LogP contribution in [-0.2, 0) is 6.54 Å². The molecule has 0 fully saturated rings. The molecule has 2 heteroatoms. The van der Waals surface area contributed by atoms with Gasteiger partial charge >= 0.3 is 0 Å². The summed E-state index contributed by atoms with van der Waals surface area (Å²) < 4.78 is 0. The minimum Gasteiger partial charge on any atom is -0.320 e. The van der Waals surface area contributed by atoms with Crippen LogP contribution in [0.3, 0.4) is 0 Å². The van der Waals surface area contributed by atoms with Crippen molar-refractivity contribution in [3.63, 3.8) is 0 Å². The zero-order valence-electron chi connectivity index (χ0n) is 11.4. The summed E-state index contributed by atoms with van der Waals surface area (Å²) in [5, 5.41) is 3.21. The van der Waals surface area contributed by atoms with Crippen molar-refractivity contribution in [2.75, 3.05) is 20.1 Å². The average Bonchev–Trinajstić information content (AvgIpc) is 2.37. The standard InChI is InChI=1S/C15H26N2/c1-4-17(14(2)9-8-12-16-3)13-15-10-6-5-7-11-15/h5-7,10-11,14,16H,4,8-9,12-13H2,1-3H3. The molecule has 2 nitrogen and oxygen atoms in total. The maximum atomic E-state index is 3.21. The highest BCUT2D eigenvalue weighted by molar-refractivity contribution is 5.14. The van der Waals surface area contributed by atoms with E-state index in [1.807, 2.05) is 7.05 Å². The van der Waals surface area contributed by atoms with E-state index in [1.165, 1.54) is 18.4 Å². The van der Waals surface area contributed by atoms with Crippen LogP contribution in [0.4, 0.5) is 0 Å². The first-order valence-electron chi connectivity index (χ1n) is 6.70. The number of nitrogens with one attached hydrogen (secondary N) is 1. The molecule has 17 heavy (non-hydrogen) atoms. The monoisotopic (exact) mass is 234 g/mol. The molecule has 0 radical (unpaired) electrons. The highest BCUT2D eigenvalue weighted by Gasteiger charge is 2.11. The van der Waals surface area contributed by atoms with E-state index >= 15 is 0 Å². The van der Waals surface area contributed by atoms with E-state index in [9.17, 15) is 0 Å². The second kappa shape index (κ2) is 8.26. The molecule has 0 aliphatic carbocycles. The summed E-state index contributed by atoms with van der Waals surface area (Å²) in [6.45, 7) is 7.89. The van der Waals surface area contributed by atoms with Gasteiger partial charge in [0.1, 0.15) is 0 Å². The van der Waals surface area contributed by atoms with Gasteiger partial charge in [0.25, 0.3) is 0 Å². The molecule has 1 aromatic carbocycles. The number of rotatable bonds is 8. The third-order valence-corrected chi connectivity index (χ3v) is 3.31. The fourth-order valence-electron chi connectivity index (χ4n) is 2.15. The number of nitrogens with zero attached hydrogens (tertiary/aromatic N) is 1. The van der Waals surface area contributed by atoms with Gasteiger partial charge < -0.3 is 5.32 Å². The fraction of sp³-hybridized carbons (Fsp3) is 0.600. The number of hydrogen-bond acceptors (Lipinski definition) is 2. The second-order valence-corrected chi connectivity index (χ2v) is 4.64. The quantitative estimate of drug-likeness (QED) is 0.696. The Hall–Kier alpha value is -0.860. The number of benzene rings is 1. The predicted molar refractivity (Wildman–Crippen MR) is 75.1 cm³/mol. The minimum atomic E-state index is 0.661. The van der Waals surface area contributed by atoms with Crippen LogP contribution in [-0.4, -0.2) is 31.1 Å². The Kier molecular flexibility index (Phi) is 6.90. The molecule has 96 valence electrons. The van der Waals surface area contributed by atoms with Crippen molar-refractivity contribution in [2.24, 2.45) is 0 Å². The lowest BCUT2D eigenvalue weighted by molar-refractivity contribution is 0.199. The van der Waals surface area contributed by atoms with Crippen LogP contribution in [0.25, 0.3) is 0 Å². The summed E-state index contributed by atoms with van der Waals surface area (Å²) >= 11 is 0. The summed E-state index contributed by atoms with van der Waals surface area (Å²) in [5.74, 6) is 0. The van der Waals surface area contributed by atoms with Gasteiger partial charge in [-0.25, -0.2) is 0 Å². The van der Waals surface area contributed by atoms with Crippen molar-refractivity contribution in [3.8, 4) is 0 Å². The number of hydrogen-bond donors (Lipinski definition) is 1. The van der Waals surface area contributed by atoms with E-state index in [0.29, 0.717) is 6.04 Å². The van der Waals surface area contributed by atoms with E-state index in [4.69, 9.17) is 0 Å². The molecular formula is C15H26N2. The molecule has 0 aromatic heterocycles. The Bertz CT molecular complexity index is 284. The van der Waals surface area contributed by atoms with Crippen molar-refractivity contribution >= 4 is 0 Å². The molecule has 1 unspecified atom stereocenters. The lowest BCUT2D eigenvalue weighted by Gasteiger charge is -2.28. The van der Waals surface area contributed by atoms with Gasteiger partial charge in [-0.2, -0.15) is 0 Å². The van der Waals surface area contributed by atoms with Crippen molar-refractivity contribution in [2.45, 2.75) is 39.3 Å². The smallest absolute Gasteiger partial charge is 0.0236 e. The summed E-state index contributed by atoms with van der Waals surface area (Å²) in [5.41, 5.74) is 1.41. The van der Waals surface area contributed by atoms with Crippen molar-refractivity contribution in [1.29, 1.82) is 0 Å². The third-order valence-electron chi connectivity index (χ3n) is 3.31. The van der Waals surface area contributed by atoms with Gasteiger partial charge in [0, 0.05) is 12.6 Å². The molecule has 0 amide bonds. The van der Waals surface area contributed by atoms with Crippen molar-refractivity contribution in [3.05, 3.63) is 35.9 Å². The first-order chi connectivity index (χ1) is 8.27.